The molecule has 0 heterocycles. The van der Waals surface area contributed by atoms with Gasteiger partial charge in [0.2, 0.25) is 0 Å². The van der Waals surface area contributed by atoms with Gasteiger partial charge in [0.05, 0.1) is 27.6 Å². The number of nitro groups is 1. The first-order valence-electron chi connectivity index (χ1n) is 4.50. The lowest BCUT2D eigenvalue weighted by atomic mass is 10.1. The number of carbonyl (C=O) groups excluding carboxylic acids is 1. The minimum atomic E-state index is -1.34. The topological polar surface area (TPSA) is 73.8 Å². The lowest BCUT2D eigenvalue weighted by molar-refractivity contribution is -0.384. The molecule has 8 heteroatoms. The first kappa shape index (κ1) is 14.2. The summed E-state index contributed by atoms with van der Waals surface area (Å²) in [6, 6.07) is 0.726. The van der Waals surface area contributed by atoms with Gasteiger partial charge in [0.15, 0.2) is 0 Å². The molecule has 94 valence electrons. The summed E-state index contributed by atoms with van der Waals surface area (Å²) < 4.78 is 4.44. The summed E-state index contributed by atoms with van der Waals surface area (Å²) in [4.78, 5) is 24.3. The molecule has 18 heavy (non-hydrogen) atoms. The molecule has 1 atom stereocenters. The van der Waals surface area contributed by atoms with E-state index in [9.17, 15) is 14.9 Å². The van der Waals surface area contributed by atoms with Gasteiger partial charge in [-0.1, -0.05) is 23.2 Å². The normalized spacial score (nSPS) is 11.4. The molecule has 0 aliphatic rings. The number of methoxy groups -OCH3 is 1. The fraction of sp³-hybridized carbons (Fsp3) is 0.200. The van der Waals surface area contributed by atoms with E-state index in [4.69, 9.17) is 29.8 Å². The van der Waals surface area contributed by atoms with Crippen molar-refractivity contribution in [1.29, 1.82) is 0 Å². The molecule has 0 spiro atoms. The molecule has 0 saturated heterocycles. The zero-order valence-electron chi connectivity index (χ0n) is 9.02. The predicted octanol–water partition coefficient (Wildman–Crippen LogP) is 3.03. The van der Waals surface area contributed by atoms with E-state index in [1.165, 1.54) is 0 Å². The summed E-state index contributed by atoms with van der Waals surface area (Å²) in [5.41, 5.74) is -0.312. The Hall–Kier alpha value is -1.84. The average Bonchev–Trinajstić information content (AvgIpc) is 2.32. The summed E-state index contributed by atoms with van der Waals surface area (Å²) in [6.07, 6.45) is 0. The van der Waals surface area contributed by atoms with Gasteiger partial charge in [-0.25, -0.2) is 11.4 Å². The highest BCUT2D eigenvalue weighted by Gasteiger charge is 2.33. The van der Waals surface area contributed by atoms with Gasteiger partial charge in [0.25, 0.3) is 5.69 Å². The third kappa shape index (κ3) is 2.70. The molecule has 0 fully saturated rings. The molecule has 0 bridgehead atoms. The van der Waals surface area contributed by atoms with Crippen molar-refractivity contribution in [2.24, 2.45) is 0 Å². The molecular weight excluding hydrogens is 283 g/mol. The number of ether oxygens (including phenoxy) is 1. The maximum atomic E-state index is 11.4. The smallest absolute Gasteiger partial charge is 0.395 e. The molecule has 1 unspecified atom stereocenters. The molecule has 1 rings (SSSR count). The van der Waals surface area contributed by atoms with E-state index >= 15 is 0 Å². The highest BCUT2D eigenvalue weighted by molar-refractivity contribution is 6.36. The quantitative estimate of drug-likeness (QED) is 0.371. The monoisotopic (exact) mass is 288 g/mol. The van der Waals surface area contributed by atoms with Crippen molar-refractivity contribution in [3.63, 3.8) is 0 Å². The minimum Gasteiger partial charge on any atom is -0.463 e. The largest absolute Gasteiger partial charge is 0.463 e. The van der Waals surface area contributed by atoms with Gasteiger partial charge in [0.1, 0.15) is 0 Å². The number of carbonyl (C=O) groups is 1. The molecule has 6 nitrogen and oxygen atoms in total. The zero-order chi connectivity index (χ0) is 13.9. The van der Waals surface area contributed by atoms with Crippen LogP contribution in [-0.4, -0.2) is 18.0 Å². The maximum absolute atomic E-state index is 11.4. The number of nitro benzene ring substituents is 1. The van der Waals surface area contributed by atoms with Gasteiger partial charge >= 0.3 is 12.0 Å². The van der Waals surface area contributed by atoms with Crippen molar-refractivity contribution in [2.45, 2.75) is 6.04 Å². The van der Waals surface area contributed by atoms with E-state index in [-0.39, 0.29) is 21.3 Å². The Kier molecular flexibility index (Phi) is 4.48. The van der Waals surface area contributed by atoms with Crippen LogP contribution in [-0.2, 0) is 9.53 Å². The Morgan fingerprint density at radius 1 is 1.50 bits per heavy atom. The van der Waals surface area contributed by atoms with E-state index in [2.05, 4.69) is 9.58 Å². The maximum Gasteiger partial charge on any atom is 0.395 e. The molecule has 0 saturated carbocycles. The Morgan fingerprint density at radius 3 is 2.33 bits per heavy atom. The lowest BCUT2D eigenvalue weighted by Gasteiger charge is -2.07. The SMILES string of the molecule is [C-]#[N+]C(C(=O)OC)c1c(Cl)cc([N+](=O)[O-])cc1Cl. The zero-order valence-corrected chi connectivity index (χ0v) is 10.5. The molecule has 0 aliphatic heterocycles. The number of hydrogen-bond acceptors (Lipinski definition) is 4. The molecular formula is C10H6Cl2N2O4. The third-order valence-corrected chi connectivity index (χ3v) is 2.73. The minimum absolute atomic E-state index is 0.00535. The fourth-order valence-electron chi connectivity index (χ4n) is 1.28. The summed E-state index contributed by atoms with van der Waals surface area (Å²) >= 11 is 11.6. The molecule has 0 radical (unpaired) electrons. The van der Waals surface area contributed by atoms with E-state index in [0.717, 1.165) is 19.2 Å². The number of hydrogen-bond donors (Lipinski definition) is 0. The van der Waals surface area contributed by atoms with Crippen LogP contribution in [0.4, 0.5) is 5.69 Å². The number of esters is 1. The van der Waals surface area contributed by atoms with Gasteiger partial charge in [-0.3, -0.25) is 15.0 Å². The molecule has 0 amide bonds. The van der Waals surface area contributed by atoms with E-state index < -0.39 is 16.9 Å². The van der Waals surface area contributed by atoms with Crippen LogP contribution < -0.4 is 0 Å². The van der Waals surface area contributed by atoms with Crippen molar-refractivity contribution >= 4 is 34.9 Å². The lowest BCUT2D eigenvalue weighted by Crippen LogP contribution is -2.12. The molecule has 0 aromatic heterocycles. The van der Waals surface area contributed by atoms with Crippen molar-refractivity contribution in [3.05, 3.63) is 49.3 Å². The number of rotatable bonds is 3. The van der Waals surface area contributed by atoms with Gasteiger partial charge < -0.3 is 4.74 Å². The number of halogens is 2. The first-order valence-corrected chi connectivity index (χ1v) is 5.25. The second-order valence-electron chi connectivity index (χ2n) is 3.13. The number of non-ortho nitro benzene ring substituents is 1. The molecule has 0 aliphatic carbocycles. The van der Waals surface area contributed by atoms with Crippen LogP contribution >= 0.6 is 23.2 Å². The first-order chi connectivity index (χ1) is 8.42. The van der Waals surface area contributed by atoms with Crippen LogP contribution in [0.15, 0.2) is 12.1 Å². The molecule has 1 aromatic carbocycles. The van der Waals surface area contributed by atoms with Gasteiger partial charge in [-0.2, -0.15) is 0 Å². The number of nitrogens with zero attached hydrogens (tertiary/aromatic N) is 2. The van der Waals surface area contributed by atoms with Crippen molar-refractivity contribution in [3.8, 4) is 0 Å². The second-order valence-corrected chi connectivity index (χ2v) is 3.95. The van der Waals surface area contributed by atoms with Gasteiger partial charge in [-0.05, 0) is 0 Å². The Morgan fingerprint density at radius 2 is 2.00 bits per heavy atom. The summed E-state index contributed by atoms with van der Waals surface area (Å²) in [5, 5.41) is 10.3. The van der Waals surface area contributed by atoms with Gasteiger partial charge in [-0.15, -0.1) is 0 Å². The summed E-state index contributed by atoms with van der Waals surface area (Å²) in [6.45, 7) is 6.94. The molecule has 1 aromatic rings. The van der Waals surface area contributed by atoms with Gasteiger partial charge in [0, 0.05) is 12.1 Å². The van der Waals surface area contributed by atoms with Crippen LogP contribution in [0, 0.1) is 16.7 Å². The van der Waals surface area contributed by atoms with Crippen molar-refractivity contribution in [2.75, 3.05) is 7.11 Å². The second kappa shape index (κ2) is 5.67. The average molecular weight is 289 g/mol. The highest BCUT2D eigenvalue weighted by Crippen LogP contribution is 2.36. The summed E-state index contributed by atoms with van der Waals surface area (Å²) in [7, 11) is 1.12. The highest BCUT2D eigenvalue weighted by atomic mass is 35.5. The predicted molar refractivity (Wildman–Crippen MR) is 64.5 cm³/mol. The molecule has 0 N–H and O–H groups in total. The van der Waals surface area contributed by atoms with E-state index in [1.807, 2.05) is 0 Å². The Balaban J connectivity index is 3.38. The summed E-state index contributed by atoms with van der Waals surface area (Å²) in [5.74, 6) is -0.831. The van der Waals surface area contributed by atoms with Crippen LogP contribution in [0.5, 0.6) is 0 Å². The van der Waals surface area contributed by atoms with Crippen LogP contribution in [0.25, 0.3) is 4.85 Å². The van der Waals surface area contributed by atoms with E-state index in [0.29, 0.717) is 0 Å². The van der Waals surface area contributed by atoms with Crippen molar-refractivity contribution in [1.82, 2.24) is 0 Å². The Labute approximate surface area is 112 Å². The fourth-order valence-corrected chi connectivity index (χ4v) is 1.97. The number of benzene rings is 1. The van der Waals surface area contributed by atoms with Crippen LogP contribution in [0.1, 0.15) is 11.6 Å². The van der Waals surface area contributed by atoms with Crippen LogP contribution in [0.3, 0.4) is 0 Å². The van der Waals surface area contributed by atoms with Crippen LogP contribution in [0.2, 0.25) is 10.0 Å². The standard InChI is InChI=1S/C10H6Cl2N2O4/c1-13-9(10(15)18-2)8-6(11)3-5(14(16)17)4-7(8)12/h3-4,9H,2H3. The third-order valence-electron chi connectivity index (χ3n) is 2.10. The van der Waals surface area contributed by atoms with Crippen molar-refractivity contribution < 1.29 is 14.5 Å². The Bertz CT molecular complexity index is 530. The van der Waals surface area contributed by atoms with E-state index in [1.54, 1.807) is 0 Å².